The van der Waals surface area contributed by atoms with E-state index in [0.717, 1.165) is 13.0 Å². The molecular formula is C10H22N2OS. The van der Waals surface area contributed by atoms with Crippen molar-refractivity contribution in [3.8, 4) is 0 Å². The van der Waals surface area contributed by atoms with Gasteiger partial charge in [-0.15, -0.1) is 0 Å². The van der Waals surface area contributed by atoms with Crippen LogP contribution in [0.2, 0.25) is 0 Å². The highest BCUT2D eigenvalue weighted by Crippen LogP contribution is 2.19. The van der Waals surface area contributed by atoms with Crippen molar-refractivity contribution < 1.29 is 4.79 Å². The Kier molecular flexibility index (Phi) is 6.20. The van der Waals surface area contributed by atoms with Crippen LogP contribution in [0.5, 0.6) is 0 Å². The third-order valence-electron chi connectivity index (χ3n) is 2.73. The van der Waals surface area contributed by atoms with Gasteiger partial charge in [0.1, 0.15) is 0 Å². The van der Waals surface area contributed by atoms with Crippen molar-refractivity contribution >= 4 is 17.7 Å². The predicted octanol–water partition coefficient (Wildman–Crippen LogP) is 1.23. The lowest BCUT2D eigenvalue weighted by Crippen LogP contribution is -2.45. The first kappa shape index (κ1) is 13.8. The second-order valence-corrected chi connectivity index (χ2v) is 5.15. The first-order valence-corrected chi connectivity index (χ1v) is 6.30. The third kappa shape index (κ3) is 3.88. The lowest BCUT2D eigenvalue weighted by Gasteiger charge is -2.25. The van der Waals surface area contributed by atoms with Gasteiger partial charge in [-0.3, -0.25) is 4.79 Å². The van der Waals surface area contributed by atoms with Crippen LogP contribution in [0.1, 0.15) is 27.2 Å². The molecule has 0 saturated carbocycles. The van der Waals surface area contributed by atoms with E-state index in [1.807, 2.05) is 20.1 Å². The van der Waals surface area contributed by atoms with Crippen LogP contribution < -0.4 is 11.1 Å². The molecule has 3 nitrogen and oxygen atoms in total. The molecule has 0 fully saturated rings. The fraction of sp³-hybridized carbons (Fsp3) is 0.900. The molecule has 0 aromatic rings. The molecule has 0 aromatic carbocycles. The molecule has 2 unspecified atom stereocenters. The Bertz CT molecular complexity index is 181. The minimum atomic E-state index is -0.405. The van der Waals surface area contributed by atoms with Crippen molar-refractivity contribution in [1.82, 2.24) is 5.32 Å². The molecule has 3 N–H and O–H groups in total. The number of nitrogens with one attached hydrogen (secondary N) is 1. The summed E-state index contributed by atoms with van der Waals surface area (Å²) in [6.07, 6.45) is 2.82. The summed E-state index contributed by atoms with van der Waals surface area (Å²) >= 11 is 1.75. The van der Waals surface area contributed by atoms with E-state index in [1.165, 1.54) is 0 Å². The zero-order chi connectivity index (χ0) is 11.2. The molecule has 0 heterocycles. The summed E-state index contributed by atoms with van der Waals surface area (Å²) < 4.78 is 0. The summed E-state index contributed by atoms with van der Waals surface area (Å²) in [6.45, 7) is 7.12. The SMILES string of the molecule is CCC(C)(CN)C(=O)NCC(C)SC. The molecule has 14 heavy (non-hydrogen) atoms. The lowest BCUT2D eigenvalue weighted by atomic mass is 9.87. The average Bonchev–Trinajstić information content (AvgIpc) is 2.23. The Balaban J connectivity index is 4.06. The number of rotatable bonds is 6. The summed E-state index contributed by atoms with van der Waals surface area (Å²) in [5, 5.41) is 3.39. The average molecular weight is 218 g/mol. The van der Waals surface area contributed by atoms with Crippen molar-refractivity contribution in [3.63, 3.8) is 0 Å². The number of nitrogens with two attached hydrogens (primary N) is 1. The van der Waals surface area contributed by atoms with E-state index in [0.29, 0.717) is 11.8 Å². The molecule has 0 aliphatic carbocycles. The number of amides is 1. The maximum atomic E-state index is 11.7. The lowest BCUT2D eigenvalue weighted by molar-refractivity contribution is -0.129. The predicted molar refractivity (Wildman–Crippen MR) is 63.4 cm³/mol. The Morgan fingerprint density at radius 2 is 2.21 bits per heavy atom. The van der Waals surface area contributed by atoms with Crippen LogP contribution in [-0.4, -0.2) is 30.5 Å². The highest BCUT2D eigenvalue weighted by molar-refractivity contribution is 7.99. The van der Waals surface area contributed by atoms with E-state index in [4.69, 9.17) is 5.73 Å². The molecule has 4 heteroatoms. The molecule has 0 spiro atoms. The molecule has 0 aromatic heterocycles. The highest BCUT2D eigenvalue weighted by atomic mass is 32.2. The largest absolute Gasteiger partial charge is 0.354 e. The summed E-state index contributed by atoms with van der Waals surface area (Å²) in [5.41, 5.74) is 5.19. The minimum absolute atomic E-state index is 0.0726. The monoisotopic (exact) mass is 218 g/mol. The summed E-state index contributed by atoms with van der Waals surface area (Å²) in [5.74, 6) is 0.0726. The second-order valence-electron chi connectivity index (χ2n) is 3.87. The van der Waals surface area contributed by atoms with E-state index in [1.54, 1.807) is 11.8 Å². The standard InChI is InChI=1S/C10H22N2OS/c1-5-10(3,7-11)9(13)12-6-8(2)14-4/h8H,5-7,11H2,1-4H3,(H,12,13). The van der Waals surface area contributed by atoms with Crippen molar-refractivity contribution in [2.45, 2.75) is 32.4 Å². The molecule has 1 amide bonds. The van der Waals surface area contributed by atoms with Crippen LogP contribution in [-0.2, 0) is 4.79 Å². The summed E-state index contributed by atoms with van der Waals surface area (Å²) in [6, 6.07) is 0. The van der Waals surface area contributed by atoms with Crippen LogP contribution in [0.4, 0.5) is 0 Å². The fourth-order valence-corrected chi connectivity index (χ4v) is 1.18. The van der Waals surface area contributed by atoms with Gasteiger partial charge in [0.05, 0.1) is 5.41 Å². The van der Waals surface area contributed by atoms with Crippen molar-refractivity contribution in [3.05, 3.63) is 0 Å². The zero-order valence-electron chi connectivity index (χ0n) is 9.59. The van der Waals surface area contributed by atoms with Gasteiger partial charge >= 0.3 is 0 Å². The van der Waals surface area contributed by atoms with Crippen LogP contribution in [0.15, 0.2) is 0 Å². The van der Waals surface area contributed by atoms with Gasteiger partial charge < -0.3 is 11.1 Å². The number of thioether (sulfide) groups is 1. The molecule has 0 saturated heterocycles. The maximum absolute atomic E-state index is 11.7. The minimum Gasteiger partial charge on any atom is -0.354 e. The number of hydrogen-bond acceptors (Lipinski definition) is 3. The first-order valence-electron chi connectivity index (χ1n) is 5.01. The summed E-state index contributed by atoms with van der Waals surface area (Å²) in [7, 11) is 0. The van der Waals surface area contributed by atoms with E-state index in [2.05, 4.69) is 12.2 Å². The molecule has 0 radical (unpaired) electrons. The number of carbonyl (C=O) groups is 1. The van der Waals surface area contributed by atoms with E-state index in [9.17, 15) is 4.79 Å². The molecule has 0 aliphatic rings. The highest BCUT2D eigenvalue weighted by Gasteiger charge is 2.29. The quantitative estimate of drug-likeness (QED) is 0.705. The Morgan fingerprint density at radius 3 is 2.57 bits per heavy atom. The Hall–Kier alpha value is -0.220. The van der Waals surface area contributed by atoms with E-state index in [-0.39, 0.29) is 5.91 Å². The maximum Gasteiger partial charge on any atom is 0.227 e. The van der Waals surface area contributed by atoms with Crippen molar-refractivity contribution in [1.29, 1.82) is 0 Å². The molecule has 0 aliphatic heterocycles. The molecule has 2 atom stereocenters. The normalized spacial score (nSPS) is 17.2. The van der Waals surface area contributed by atoms with Gasteiger partial charge in [0.25, 0.3) is 0 Å². The zero-order valence-corrected chi connectivity index (χ0v) is 10.4. The Labute approximate surface area is 91.2 Å². The number of carbonyl (C=O) groups excluding carboxylic acids is 1. The van der Waals surface area contributed by atoms with Gasteiger partial charge in [0.15, 0.2) is 0 Å². The molecule has 0 rings (SSSR count). The molecule has 0 bridgehead atoms. The van der Waals surface area contributed by atoms with E-state index >= 15 is 0 Å². The van der Waals surface area contributed by atoms with Crippen LogP contribution in [0, 0.1) is 5.41 Å². The van der Waals surface area contributed by atoms with Crippen molar-refractivity contribution in [2.24, 2.45) is 11.1 Å². The van der Waals surface area contributed by atoms with Crippen LogP contribution in [0.25, 0.3) is 0 Å². The topological polar surface area (TPSA) is 55.1 Å². The number of hydrogen-bond donors (Lipinski definition) is 2. The van der Waals surface area contributed by atoms with Crippen LogP contribution in [0.3, 0.4) is 0 Å². The van der Waals surface area contributed by atoms with Gasteiger partial charge in [-0.2, -0.15) is 11.8 Å². The van der Waals surface area contributed by atoms with Crippen LogP contribution >= 0.6 is 11.8 Å². The van der Waals surface area contributed by atoms with Gasteiger partial charge in [0.2, 0.25) is 5.91 Å². The first-order chi connectivity index (χ1) is 6.50. The van der Waals surface area contributed by atoms with Gasteiger partial charge in [-0.05, 0) is 19.6 Å². The Morgan fingerprint density at radius 1 is 1.64 bits per heavy atom. The third-order valence-corrected chi connectivity index (χ3v) is 3.70. The smallest absolute Gasteiger partial charge is 0.227 e. The molecular weight excluding hydrogens is 196 g/mol. The van der Waals surface area contributed by atoms with Gasteiger partial charge in [0, 0.05) is 18.3 Å². The fourth-order valence-electron chi connectivity index (χ4n) is 0.931. The van der Waals surface area contributed by atoms with Gasteiger partial charge in [-0.25, -0.2) is 0 Å². The van der Waals surface area contributed by atoms with Crippen molar-refractivity contribution in [2.75, 3.05) is 19.3 Å². The van der Waals surface area contributed by atoms with Gasteiger partial charge in [-0.1, -0.05) is 13.8 Å². The molecule has 84 valence electrons. The second kappa shape index (κ2) is 6.30. The van der Waals surface area contributed by atoms with E-state index < -0.39 is 5.41 Å². The summed E-state index contributed by atoms with van der Waals surface area (Å²) in [4.78, 5) is 11.7.